The summed E-state index contributed by atoms with van der Waals surface area (Å²) >= 11 is 3.99. The molecule has 11 nitrogen and oxygen atoms in total. The van der Waals surface area contributed by atoms with Crippen molar-refractivity contribution in [1.29, 1.82) is 0 Å². The molecule has 206 valence electrons. The molecule has 0 bridgehead atoms. The molecular weight excluding hydrogens is 520 g/mol. The van der Waals surface area contributed by atoms with E-state index in [1.165, 1.54) is 6.33 Å². The summed E-state index contributed by atoms with van der Waals surface area (Å²) < 4.78 is 0. The van der Waals surface area contributed by atoms with Crippen LogP contribution in [0.2, 0.25) is 0 Å². The molecule has 3 amide bonds. The van der Waals surface area contributed by atoms with Gasteiger partial charge in [0.2, 0.25) is 17.7 Å². The van der Waals surface area contributed by atoms with Crippen molar-refractivity contribution in [3.05, 3.63) is 90.0 Å². The van der Waals surface area contributed by atoms with E-state index >= 15 is 0 Å². The summed E-state index contributed by atoms with van der Waals surface area (Å²) in [5.41, 5.74) is 8.28. The maximum absolute atomic E-state index is 13.5. The number of rotatable bonds is 14. The van der Waals surface area contributed by atoms with E-state index in [-0.39, 0.29) is 25.0 Å². The minimum absolute atomic E-state index is 0.0999. The maximum Gasteiger partial charge on any atom is 0.327 e. The van der Waals surface area contributed by atoms with Crippen molar-refractivity contribution in [2.45, 2.75) is 43.4 Å². The highest BCUT2D eigenvalue weighted by molar-refractivity contribution is 7.80. The van der Waals surface area contributed by atoms with Crippen LogP contribution in [-0.2, 0) is 38.4 Å². The number of hydrogen-bond acceptors (Lipinski definition) is 7. The van der Waals surface area contributed by atoms with Crippen molar-refractivity contribution in [3.63, 3.8) is 0 Å². The number of thiol groups is 1. The minimum Gasteiger partial charge on any atom is -0.480 e. The molecule has 0 saturated carbocycles. The van der Waals surface area contributed by atoms with E-state index in [1.54, 1.807) is 30.5 Å². The molecule has 0 saturated heterocycles. The van der Waals surface area contributed by atoms with E-state index in [4.69, 9.17) is 5.73 Å². The number of H-pyrrole nitrogens is 1. The van der Waals surface area contributed by atoms with Gasteiger partial charge in [-0.3, -0.25) is 14.4 Å². The van der Waals surface area contributed by atoms with Gasteiger partial charge in [-0.25, -0.2) is 9.78 Å². The Morgan fingerprint density at radius 1 is 0.795 bits per heavy atom. The number of amides is 3. The number of nitrogens with two attached hydrogens (primary N) is 1. The SMILES string of the molecule is NC(Cc1cnc[nH]1)C(=O)NC(Cc1ccccc1)C(=O)NC(Cc1ccccc1)C(=O)NC(CS)C(=O)O. The summed E-state index contributed by atoms with van der Waals surface area (Å²) in [6.45, 7) is 0. The highest BCUT2D eigenvalue weighted by atomic mass is 32.1. The molecular formula is C27H32N6O5S. The summed E-state index contributed by atoms with van der Waals surface area (Å²) in [6.07, 6.45) is 3.46. The summed E-state index contributed by atoms with van der Waals surface area (Å²) in [5, 5.41) is 17.2. The topological polar surface area (TPSA) is 179 Å². The van der Waals surface area contributed by atoms with Crippen LogP contribution >= 0.6 is 12.6 Å². The largest absolute Gasteiger partial charge is 0.480 e. The summed E-state index contributed by atoms with van der Waals surface area (Å²) in [4.78, 5) is 57.8. The van der Waals surface area contributed by atoms with Gasteiger partial charge in [-0.15, -0.1) is 0 Å². The predicted octanol–water partition coefficient (Wildman–Crippen LogP) is 0.234. The van der Waals surface area contributed by atoms with Crippen LogP contribution in [0, 0.1) is 0 Å². The van der Waals surface area contributed by atoms with Crippen LogP contribution < -0.4 is 21.7 Å². The molecule has 3 aromatic rings. The first-order valence-electron chi connectivity index (χ1n) is 12.3. The van der Waals surface area contributed by atoms with Crippen molar-refractivity contribution in [2.75, 3.05) is 5.75 Å². The Hall–Kier alpha value is -4.16. The van der Waals surface area contributed by atoms with Crippen LogP contribution in [0.3, 0.4) is 0 Å². The van der Waals surface area contributed by atoms with Crippen molar-refractivity contribution in [2.24, 2.45) is 5.73 Å². The lowest BCUT2D eigenvalue weighted by Crippen LogP contribution is -2.58. The molecule has 7 N–H and O–H groups in total. The Bertz CT molecular complexity index is 1230. The highest BCUT2D eigenvalue weighted by Crippen LogP contribution is 2.08. The van der Waals surface area contributed by atoms with Crippen LogP contribution in [0.5, 0.6) is 0 Å². The van der Waals surface area contributed by atoms with E-state index in [0.29, 0.717) is 5.69 Å². The predicted molar refractivity (Wildman–Crippen MR) is 148 cm³/mol. The van der Waals surface area contributed by atoms with Crippen LogP contribution in [0.25, 0.3) is 0 Å². The maximum atomic E-state index is 13.5. The van der Waals surface area contributed by atoms with Crippen LogP contribution in [0.4, 0.5) is 0 Å². The monoisotopic (exact) mass is 552 g/mol. The smallest absolute Gasteiger partial charge is 0.327 e. The summed E-state index contributed by atoms with van der Waals surface area (Å²) in [7, 11) is 0. The number of nitrogens with zero attached hydrogens (tertiary/aromatic N) is 1. The Kier molecular flexibility index (Phi) is 11.1. The number of carbonyl (C=O) groups is 4. The fourth-order valence-electron chi connectivity index (χ4n) is 3.85. The molecule has 1 heterocycles. The number of hydrogen-bond donors (Lipinski definition) is 7. The number of aliphatic carboxylic acids is 1. The molecule has 0 aliphatic rings. The fraction of sp³-hybridized carbons (Fsp3) is 0.296. The van der Waals surface area contributed by atoms with Gasteiger partial charge in [0.15, 0.2) is 0 Å². The highest BCUT2D eigenvalue weighted by Gasteiger charge is 2.30. The minimum atomic E-state index is -1.25. The first kappa shape index (κ1) is 29.4. The molecule has 3 rings (SSSR count). The number of carboxylic acids is 1. The third kappa shape index (κ3) is 9.27. The third-order valence-electron chi connectivity index (χ3n) is 5.96. The van der Waals surface area contributed by atoms with Gasteiger partial charge in [0.25, 0.3) is 0 Å². The Morgan fingerprint density at radius 2 is 1.28 bits per heavy atom. The Labute approximate surface area is 231 Å². The lowest BCUT2D eigenvalue weighted by Gasteiger charge is -2.25. The molecule has 0 fully saturated rings. The van der Waals surface area contributed by atoms with Crippen LogP contribution in [0.1, 0.15) is 16.8 Å². The zero-order valence-corrected chi connectivity index (χ0v) is 22.0. The Balaban J connectivity index is 1.80. The summed E-state index contributed by atoms with van der Waals surface area (Å²) in [6, 6.07) is 13.7. The first-order valence-corrected chi connectivity index (χ1v) is 13.0. The van der Waals surface area contributed by atoms with Gasteiger partial charge in [-0.2, -0.15) is 12.6 Å². The van der Waals surface area contributed by atoms with Gasteiger partial charge < -0.3 is 31.8 Å². The zero-order valence-electron chi connectivity index (χ0n) is 21.1. The van der Waals surface area contributed by atoms with Crippen molar-refractivity contribution in [3.8, 4) is 0 Å². The average Bonchev–Trinajstić information content (AvgIpc) is 3.44. The van der Waals surface area contributed by atoms with Crippen molar-refractivity contribution in [1.82, 2.24) is 25.9 Å². The molecule has 0 aliphatic carbocycles. The van der Waals surface area contributed by atoms with E-state index in [2.05, 4.69) is 38.5 Å². The quantitative estimate of drug-likeness (QED) is 0.140. The number of aromatic nitrogens is 2. The number of aromatic amines is 1. The van der Waals surface area contributed by atoms with Gasteiger partial charge in [0.1, 0.15) is 18.1 Å². The number of imidazole rings is 1. The van der Waals surface area contributed by atoms with Crippen molar-refractivity contribution >= 4 is 36.3 Å². The second-order valence-corrected chi connectivity index (χ2v) is 9.34. The lowest BCUT2D eigenvalue weighted by atomic mass is 10.0. The average molecular weight is 553 g/mol. The van der Waals surface area contributed by atoms with Gasteiger partial charge in [0, 0.05) is 36.9 Å². The fourth-order valence-corrected chi connectivity index (χ4v) is 4.10. The Morgan fingerprint density at radius 3 is 1.72 bits per heavy atom. The molecule has 0 aliphatic heterocycles. The molecule has 2 aromatic carbocycles. The van der Waals surface area contributed by atoms with Gasteiger partial charge in [-0.05, 0) is 11.1 Å². The van der Waals surface area contributed by atoms with E-state index < -0.39 is 47.9 Å². The van der Waals surface area contributed by atoms with Crippen molar-refractivity contribution < 1.29 is 24.3 Å². The molecule has 4 unspecified atom stereocenters. The second-order valence-electron chi connectivity index (χ2n) is 8.97. The normalized spacial score (nSPS) is 13.9. The van der Waals surface area contributed by atoms with Crippen LogP contribution in [-0.4, -0.2) is 68.7 Å². The van der Waals surface area contributed by atoms with E-state index in [0.717, 1.165) is 11.1 Å². The molecule has 4 atom stereocenters. The first-order chi connectivity index (χ1) is 18.8. The number of carbonyl (C=O) groups excluding carboxylic acids is 3. The van der Waals surface area contributed by atoms with Gasteiger partial charge in [-0.1, -0.05) is 60.7 Å². The molecule has 0 radical (unpaired) electrons. The molecule has 12 heteroatoms. The molecule has 1 aromatic heterocycles. The zero-order chi connectivity index (χ0) is 28.2. The van der Waals surface area contributed by atoms with Gasteiger partial charge >= 0.3 is 5.97 Å². The number of benzene rings is 2. The van der Waals surface area contributed by atoms with E-state index in [9.17, 15) is 24.3 Å². The standard InChI is InChI=1S/C27H32N6O5S/c28-20(13-19-14-29-16-30-19)24(34)31-21(11-17-7-3-1-4-8-17)25(35)32-22(12-18-9-5-2-6-10-18)26(36)33-23(15-39)27(37)38/h1-10,14,16,20-23,39H,11-13,15,28H2,(H,29,30)(H,31,34)(H,32,35)(H,33,36)(H,37,38). The lowest BCUT2D eigenvalue weighted by molar-refractivity contribution is -0.141. The third-order valence-corrected chi connectivity index (χ3v) is 6.33. The molecule has 39 heavy (non-hydrogen) atoms. The summed E-state index contributed by atoms with van der Waals surface area (Å²) in [5.74, 6) is -3.23. The van der Waals surface area contributed by atoms with Gasteiger partial charge in [0.05, 0.1) is 12.4 Å². The molecule has 0 spiro atoms. The number of carboxylic acid groups (broad SMARTS) is 1. The second kappa shape index (κ2) is 14.7. The number of nitrogens with one attached hydrogen (secondary N) is 4. The van der Waals surface area contributed by atoms with E-state index in [1.807, 2.05) is 36.4 Å². The van der Waals surface area contributed by atoms with Crippen LogP contribution in [0.15, 0.2) is 73.2 Å².